The van der Waals surface area contributed by atoms with Crippen LogP contribution in [0.3, 0.4) is 0 Å². The number of allylic oxidation sites excluding steroid dienone is 5. The molecule has 0 atom stereocenters. The molecule has 4 N–H and O–H groups in total. The van der Waals surface area contributed by atoms with Crippen LogP contribution in [0.25, 0.3) is 50.2 Å². The Labute approximate surface area is 280 Å². The Balaban J connectivity index is 1.31. The number of rotatable bonds is 12. The SMILES string of the molecule is C=C/C(=C\C(=C/C)c1cnc2n[nH]c(-c3cc4c(-c5cc(F)cc(CNS(=C)(=C)C)c5)ccnc4[nH]3)c2c1)NC(=C)Cc1ccccc1. The summed E-state index contributed by atoms with van der Waals surface area (Å²) in [4.78, 5) is 12.7. The lowest BCUT2D eigenvalue weighted by atomic mass is 10.0. The van der Waals surface area contributed by atoms with E-state index in [-0.39, 0.29) is 5.82 Å². The zero-order chi connectivity index (χ0) is 33.8. The predicted molar refractivity (Wildman–Crippen MR) is 203 cm³/mol. The second-order valence-electron chi connectivity index (χ2n) is 11.9. The van der Waals surface area contributed by atoms with Crippen LogP contribution in [-0.4, -0.2) is 43.1 Å². The van der Waals surface area contributed by atoms with E-state index in [4.69, 9.17) is 0 Å². The van der Waals surface area contributed by atoms with Gasteiger partial charge in [-0.15, -0.1) is 0 Å². The third kappa shape index (κ3) is 7.38. The summed E-state index contributed by atoms with van der Waals surface area (Å²) in [6.45, 7) is 10.7. The summed E-state index contributed by atoms with van der Waals surface area (Å²) in [7, 11) is -1.44. The number of nitrogens with one attached hydrogen (secondary N) is 4. The maximum Gasteiger partial charge on any atom is 0.181 e. The smallest absolute Gasteiger partial charge is 0.181 e. The number of nitrogens with zero attached hydrogens (tertiary/aromatic N) is 3. The molecule has 0 aliphatic carbocycles. The fraction of sp³-hybridized carbons (Fsp3) is 0.103. The summed E-state index contributed by atoms with van der Waals surface area (Å²) < 4.78 is 18.1. The third-order valence-corrected chi connectivity index (χ3v) is 8.70. The van der Waals surface area contributed by atoms with E-state index >= 15 is 0 Å². The summed E-state index contributed by atoms with van der Waals surface area (Å²) >= 11 is 0. The van der Waals surface area contributed by atoms with Gasteiger partial charge in [0.2, 0.25) is 0 Å². The van der Waals surface area contributed by atoms with E-state index < -0.39 is 9.39 Å². The summed E-state index contributed by atoms with van der Waals surface area (Å²) in [5.41, 5.74) is 10.0. The average Bonchev–Trinajstić information content (AvgIpc) is 3.69. The van der Waals surface area contributed by atoms with Gasteiger partial charge in [0.15, 0.2) is 5.65 Å². The number of aromatic amines is 2. The lowest BCUT2D eigenvalue weighted by Crippen LogP contribution is -2.12. The number of hydrogen-bond donors (Lipinski definition) is 4. The second kappa shape index (κ2) is 13.7. The van der Waals surface area contributed by atoms with Crippen LogP contribution < -0.4 is 10.0 Å². The Hall–Kier alpha value is -5.51. The van der Waals surface area contributed by atoms with Crippen molar-refractivity contribution in [2.75, 3.05) is 6.26 Å². The van der Waals surface area contributed by atoms with Gasteiger partial charge in [-0.3, -0.25) is 9.82 Å². The van der Waals surface area contributed by atoms with Gasteiger partial charge in [0.05, 0.1) is 11.4 Å². The van der Waals surface area contributed by atoms with Gasteiger partial charge in [-0.1, -0.05) is 61.3 Å². The highest BCUT2D eigenvalue weighted by atomic mass is 32.2. The quantitative estimate of drug-likeness (QED) is 0.0785. The first-order valence-corrected chi connectivity index (χ1v) is 17.8. The minimum absolute atomic E-state index is 0.308. The molecule has 242 valence electrons. The van der Waals surface area contributed by atoms with Crippen LogP contribution in [0.5, 0.6) is 0 Å². The molecule has 6 aromatic rings. The van der Waals surface area contributed by atoms with Crippen molar-refractivity contribution in [1.82, 2.24) is 35.2 Å². The van der Waals surface area contributed by atoms with Crippen molar-refractivity contribution in [1.29, 1.82) is 0 Å². The number of halogens is 1. The number of fused-ring (bicyclic) bond motifs is 2. The molecule has 48 heavy (non-hydrogen) atoms. The standard InChI is InChI=1S/C39H38FN7S/c1-7-28(20-32(8-2)44-25(3)16-26-12-10-9-11-13-26)30-21-35-37(46-47-39(35)42-24-30)36-22-34-33(14-15-41-38(34)45-36)29-17-27(18-31(40)19-29)23-43-48(4,5)6/h7-15,17-22,24,43-44H,2-5,16,23H2,1,6H3,(H,41,45)(H,42,46,47)/b28-7+,32-20+. The molecule has 9 heteroatoms. The van der Waals surface area contributed by atoms with E-state index in [1.807, 2.05) is 67.9 Å². The molecule has 0 fully saturated rings. The average molecular weight is 656 g/mol. The van der Waals surface area contributed by atoms with Gasteiger partial charge in [0.25, 0.3) is 0 Å². The zero-order valence-electron chi connectivity index (χ0n) is 27.1. The van der Waals surface area contributed by atoms with Crippen LogP contribution in [0.1, 0.15) is 23.6 Å². The van der Waals surface area contributed by atoms with E-state index in [9.17, 15) is 4.39 Å². The number of benzene rings is 2. The van der Waals surface area contributed by atoms with E-state index in [2.05, 4.69) is 78.3 Å². The number of hydrogen-bond acceptors (Lipinski definition) is 5. The fourth-order valence-electron chi connectivity index (χ4n) is 5.58. The molecule has 0 amide bonds. The van der Waals surface area contributed by atoms with Crippen molar-refractivity contribution >= 4 is 48.8 Å². The number of pyridine rings is 2. The van der Waals surface area contributed by atoms with Crippen LogP contribution in [0, 0.1) is 5.82 Å². The van der Waals surface area contributed by atoms with Gasteiger partial charge in [-0.25, -0.2) is 14.4 Å². The largest absolute Gasteiger partial charge is 0.359 e. The minimum atomic E-state index is -1.44. The first kappa shape index (κ1) is 32.4. The number of aromatic nitrogens is 5. The normalized spacial score (nSPS) is 12.5. The highest BCUT2D eigenvalue weighted by molar-refractivity contribution is 8.25. The molecular weight excluding hydrogens is 618 g/mol. The molecule has 0 aliphatic heterocycles. The van der Waals surface area contributed by atoms with Gasteiger partial charge in [-0.05, 0) is 89.6 Å². The highest BCUT2D eigenvalue weighted by Gasteiger charge is 2.16. The topological polar surface area (TPSA) is 94.3 Å². The molecule has 0 spiro atoms. The van der Waals surface area contributed by atoms with E-state index in [0.717, 1.165) is 61.4 Å². The number of H-pyrrole nitrogens is 2. The molecular formula is C39H38FN7S. The van der Waals surface area contributed by atoms with E-state index in [1.165, 1.54) is 11.6 Å². The highest BCUT2D eigenvalue weighted by Crippen LogP contribution is 2.34. The van der Waals surface area contributed by atoms with E-state index in [1.54, 1.807) is 18.3 Å². The maximum atomic E-state index is 14.8. The van der Waals surface area contributed by atoms with Gasteiger partial charge >= 0.3 is 0 Å². The molecule has 0 aliphatic rings. The van der Waals surface area contributed by atoms with Crippen molar-refractivity contribution in [2.45, 2.75) is 19.9 Å². The molecule has 0 saturated heterocycles. The zero-order valence-corrected chi connectivity index (χ0v) is 27.9. The molecule has 0 saturated carbocycles. The lowest BCUT2D eigenvalue weighted by molar-refractivity contribution is 0.625. The molecule has 0 bridgehead atoms. The van der Waals surface area contributed by atoms with Crippen LogP contribution >= 0.6 is 9.39 Å². The molecule has 2 aromatic carbocycles. The van der Waals surface area contributed by atoms with Gasteiger partial charge in [0, 0.05) is 53.1 Å². The summed E-state index contributed by atoms with van der Waals surface area (Å²) in [6.07, 6.45) is 12.0. The van der Waals surface area contributed by atoms with Crippen molar-refractivity contribution < 1.29 is 4.39 Å². The second-order valence-corrected chi connectivity index (χ2v) is 14.7. The van der Waals surface area contributed by atoms with Crippen molar-refractivity contribution in [3.63, 3.8) is 0 Å². The molecule has 7 nitrogen and oxygen atoms in total. The lowest BCUT2D eigenvalue weighted by Gasteiger charge is -2.12. The van der Waals surface area contributed by atoms with Crippen LogP contribution in [0.15, 0.2) is 122 Å². The van der Waals surface area contributed by atoms with Crippen molar-refractivity contribution in [3.8, 4) is 22.5 Å². The summed E-state index contributed by atoms with van der Waals surface area (Å²) in [5, 5.41) is 12.7. The van der Waals surface area contributed by atoms with Gasteiger partial charge in [0.1, 0.15) is 11.5 Å². The van der Waals surface area contributed by atoms with Crippen LogP contribution in [0.2, 0.25) is 0 Å². The molecule has 4 aromatic heterocycles. The van der Waals surface area contributed by atoms with Crippen molar-refractivity contribution in [2.24, 2.45) is 0 Å². The first-order chi connectivity index (χ1) is 23.1. The van der Waals surface area contributed by atoms with Crippen LogP contribution in [0.4, 0.5) is 4.39 Å². The monoisotopic (exact) mass is 655 g/mol. The predicted octanol–water partition coefficient (Wildman–Crippen LogP) is 8.43. The Morgan fingerprint density at radius 3 is 2.56 bits per heavy atom. The van der Waals surface area contributed by atoms with Gasteiger partial charge < -0.3 is 10.3 Å². The Bertz CT molecular complexity index is 2330. The summed E-state index contributed by atoms with van der Waals surface area (Å²) in [6, 6.07) is 21.3. The maximum absolute atomic E-state index is 14.8. The third-order valence-electron chi connectivity index (χ3n) is 7.86. The summed E-state index contributed by atoms with van der Waals surface area (Å²) in [5.74, 6) is 7.82. The fourth-order valence-corrected chi connectivity index (χ4v) is 6.09. The molecule has 6 rings (SSSR count). The van der Waals surface area contributed by atoms with Gasteiger partial charge in [-0.2, -0.15) is 14.5 Å². The van der Waals surface area contributed by atoms with E-state index in [0.29, 0.717) is 24.3 Å². The molecule has 0 unspecified atom stereocenters. The first-order valence-electron chi connectivity index (χ1n) is 15.4. The molecule has 4 heterocycles. The minimum Gasteiger partial charge on any atom is -0.359 e. The van der Waals surface area contributed by atoms with Crippen molar-refractivity contribution in [3.05, 3.63) is 144 Å². The van der Waals surface area contributed by atoms with Crippen LogP contribution in [-0.2, 0) is 13.0 Å². The Kier molecular flexibility index (Phi) is 9.25. The Morgan fingerprint density at radius 2 is 1.81 bits per heavy atom. The molecule has 0 radical (unpaired) electrons. The Morgan fingerprint density at radius 1 is 1.00 bits per heavy atom.